The van der Waals surface area contributed by atoms with Crippen LogP contribution in [0.1, 0.15) is 21.6 Å². The number of amides is 1. The van der Waals surface area contributed by atoms with Gasteiger partial charge in [-0.05, 0) is 18.2 Å². The second-order valence-electron chi connectivity index (χ2n) is 6.01. The van der Waals surface area contributed by atoms with Crippen molar-refractivity contribution in [3.63, 3.8) is 0 Å². The predicted molar refractivity (Wildman–Crippen MR) is 106 cm³/mol. The number of nitrogens with zero attached hydrogens (tertiary/aromatic N) is 1. The van der Waals surface area contributed by atoms with E-state index in [2.05, 4.69) is 16.9 Å². The number of nitrogens with one attached hydrogen (secondary N) is 1. The van der Waals surface area contributed by atoms with Crippen LogP contribution in [-0.4, -0.2) is 17.4 Å². The molecule has 1 heterocycles. The highest BCUT2D eigenvalue weighted by Crippen LogP contribution is 2.33. The lowest BCUT2D eigenvalue weighted by atomic mass is 10.1. The molecule has 0 radical (unpaired) electrons. The fourth-order valence-corrected chi connectivity index (χ4v) is 3.37. The van der Waals surface area contributed by atoms with Gasteiger partial charge in [0, 0.05) is 23.1 Å². The van der Waals surface area contributed by atoms with Crippen molar-refractivity contribution in [1.29, 1.82) is 0 Å². The lowest BCUT2D eigenvalue weighted by Crippen LogP contribution is -2.23. The zero-order valence-electron chi connectivity index (χ0n) is 15.2. The normalized spacial score (nSPS) is 11.1. The molecule has 0 atom stereocenters. The van der Waals surface area contributed by atoms with Gasteiger partial charge in [-0.1, -0.05) is 36.4 Å². The Morgan fingerprint density at radius 3 is 2.76 bits per heavy atom. The molecule has 29 heavy (non-hydrogen) atoms. The largest absolute Gasteiger partial charge is 0.489 e. The van der Waals surface area contributed by atoms with Crippen LogP contribution in [-0.2, 0) is 12.8 Å². The van der Waals surface area contributed by atoms with E-state index in [1.165, 1.54) is 23.5 Å². The van der Waals surface area contributed by atoms with Crippen LogP contribution in [0.25, 0.3) is 10.6 Å². The minimum absolute atomic E-state index is 0.0563. The molecule has 0 fully saturated rings. The molecule has 0 aliphatic carbocycles. The minimum Gasteiger partial charge on any atom is -0.489 e. The van der Waals surface area contributed by atoms with Crippen LogP contribution >= 0.6 is 11.3 Å². The van der Waals surface area contributed by atoms with E-state index < -0.39 is 11.7 Å². The van der Waals surface area contributed by atoms with Gasteiger partial charge in [-0.3, -0.25) is 4.79 Å². The molecule has 0 aliphatic heterocycles. The Morgan fingerprint density at radius 1 is 1.21 bits per heavy atom. The second-order valence-corrected chi connectivity index (χ2v) is 6.87. The quantitative estimate of drug-likeness (QED) is 0.528. The van der Waals surface area contributed by atoms with Crippen molar-refractivity contribution in [3.8, 4) is 16.3 Å². The van der Waals surface area contributed by atoms with Crippen LogP contribution in [0.15, 0.2) is 66.6 Å². The maximum absolute atomic E-state index is 13.1. The number of alkyl halides is 3. The Bertz CT molecular complexity index is 1010. The van der Waals surface area contributed by atoms with Gasteiger partial charge in [-0.25, -0.2) is 4.98 Å². The summed E-state index contributed by atoms with van der Waals surface area (Å²) >= 11 is 1.29. The highest BCUT2D eigenvalue weighted by molar-refractivity contribution is 7.13. The summed E-state index contributed by atoms with van der Waals surface area (Å²) in [5, 5.41) is 4.90. The maximum atomic E-state index is 13.1. The summed E-state index contributed by atoms with van der Waals surface area (Å²) in [6, 6.07) is 12.2. The van der Waals surface area contributed by atoms with Crippen molar-refractivity contribution in [3.05, 3.63) is 83.4 Å². The third-order valence-electron chi connectivity index (χ3n) is 3.94. The zero-order valence-corrected chi connectivity index (χ0v) is 16.0. The van der Waals surface area contributed by atoms with Gasteiger partial charge in [0.05, 0.1) is 5.56 Å². The van der Waals surface area contributed by atoms with Gasteiger partial charge in [0.1, 0.15) is 23.1 Å². The number of hydrogen-bond acceptors (Lipinski definition) is 4. The fourth-order valence-electron chi connectivity index (χ4n) is 2.57. The smallest absolute Gasteiger partial charge is 0.416 e. The van der Waals surface area contributed by atoms with E-state index in [-0.39, 0.29) is 23.8 Å². The molecule has 3 rings (SSSR count). The topological polar surface area (TPSA) is 51.2 Å². The summed E-state index contributed by atoms with van der Waals surface area (Å²) in [5.41, 5.74) is 0.337. The maximum Gasteiger partial charge on any atom is 0.416 e. The first kappa shape index (κ1) is 20.6. The molecular formula is C21H17F3N2O2S. The van der Waals surface area contributed by atoms with Crippen LogP contribution in [0.2, 0.25) is 0 Å². The number of carbonyl (C=O) groups excluding carboxylic acids is 1. The molecule has 2 aromatic carbocycles. The number of carbonyl (C=O) groups is 1. The van der Waals surface area contributed by atoms with Gasteiger partial charge >= 0.3 is 6.18 Å². The number of halogens is 3. The fraction of sp³-hybridized carbons (Fsp3) is 0.143. The first-order chi connectivity index (χ1) is 13.9. The van der Waals surface area contributed by atoms with E-state index >= 15 is 0 Å². The third kappa shape index (κ3) is 5.23. The molecule has 8 heteroatoms. The van der Waals surface area contributed by atoms with E-state index in [1.807, 2.05) is 0 Å². The lowest BCUT2D eigenvalue weighted by molar-refractivity contribution is -0.138. The van der Waals surface area contributed by atoms with Crippen molar-refractivity contribution < 1.29 is 22.7 Å². The van der Waals surface area contributed by atoms with E-state index in [0.29, 0.717) is 22.9 Å². The molecule has 3 aromatic rings. The Labute approximate surface area is 169 Å². The zero-order chi connectivity index (χ0) is 20.9. The van der Waals surface area contributed by atoms with Crippen molar-refractivity contribution in [2.24, 2.45) is 0 Å². The highest BCUT2D eigenvalue weighted by Gasteiger charge is 2.32. The summed E-state index contributed by atoms with van der Waals surface area (Å²) in [6.07, 6.45) is -2.87. The van der Waals surface area contributed by atoms with Crippen molar-refractivity contribution in [1.82, 2.24) is 10.3 Å². The standard InChI is InChI=1S/C21H17F3N2O2S/c1-2-10-25-19(27)18-13-29-20(26-18)14-7-5-8-16(11-14)28-12-15-6-3-4-9-17(15)21(22,23)24/h2-9,11,13H,1,10,12H2,(H,25,27). The van der Waals surface area contributed by atoms with E-state index in [0.717, 1.165) is 6.07 Å². The number of thiazole rings is 1. The van der Waals surface area contributed by atoms with Gasteiger partial charge < -0.3 is 10.1 Å². The molecule has 4 nitrogen and oxygen atoms in total. The summed E-state index contributed by atoms with van der Waals surface area (Å²) in [5.74, 6) is 0.107. The molecule has 0 saturated carbocycles. The Hall–Kier alpha value is -3.13. The van der Waals surface area contributed by atoms with Crippen LogP contribution < -0.4 is 10.1 Å². The Balaban J connectivity index is 1.74. The number of benzene rings is 2. The molecule has 0 spiro atoms. The molecule has 150 valence electrons. The number of aromatic nitrogens is 1. The van der Waals surface area contributed by atoms with Crippen LogP contribution in [0.4, 0.5) is 13.2 Å². The van der Waals surface area contributed by atoms with Crippen LogP contribution in [0.5, 0.6) is 5.75 Å². The molecular weight excluding hydrogens is 401 g/mol. The molecule has 1 amide bonds. The molecule has 0 bridgehead atoms. The summed E-state index contributed by atoms with van der Waals surface area (Å²) in [7, 11) is 0. The predicted octanol–water partition coefficient (Wildman–Crippen LogP) is 5.32. The molecule has 0 aliphatic rings. The van der Waals surface area contributed by atoms with Gasteiger partial charge in [0.25, 0.3) is 5.91 Å². The molecule has 0 unspecified atom stereocenters. The SMILES string of the molecule is C=CCNC(=O)c1csc(-c2cccc(OCc3ccccc3C(F)(F)F)c2)n1. The summed E-state index contributed by atoms with van der Waals surface area (Å²) in [6.45, 7) is 3.66. The van der Waals surface area contributed by atoms with Gasteiger partial charge in [0.15, 0.2) is 0 Å². The lowest BCUT2D eigenvalue weighted by Gasteiger charge is -2.13. The van der Waals surface area contributed by atoms with Gasteiger partial charge in [0.2, 0.25) is 0 Å². The number of rotatable bonds is 7. The average Bonchev–Trinajstić information content (AvgIpc) is 3.21. The van der Waals surface area contributed by atoms with Crippen LogP contribution in [0, 0.1) is 0 Å². The number of ether oxygens (including phenoxy) is 1. The highest BCUT2D eigenvalue weighted by atomic mass is 32.1. The Morgan fingerprint density at radius 2 is 2.00 bits per heavy atom. The van der Waals surface area contributed by atoms with Crippen molar-refractivity contribution in [2.45, 2.75) is 12.8 Å². The molecule has 1 N–H and O–H groups in total. The average molecular weight is 418 g/mol. The van der Waals surface area contributed by atoms with E-state index in [4.69, 9.17) is 4.74 Å². The monoisotopic (exact) mass is 418 g/mol. The molecule has 1 aromatic heterocycles. The molecule has 0 saturated heterocycles. The van der Waals surface area contributed by atoms with Crippen molar-refractivity contribution >= 4 is 17.2 Å². The summed E-state index contributed by atoms with van der Waals surface area (Å²) < 4.78 is 44.9. The summed E-state index contributed by atoms with van der Waals surface area (Å²) in [4.78, 5) is 16.3. The van der Waals surface area contributed by atoms with E-state index in [1.54, 1.807) is 41.8 Å². The third-order valence-corrected chi connectivity index (χ3v) is 4.83. The first-order valence-corrected chi connectivity index (χ1v) is 9.49. The minimum atomic E-state index is -4.44. The number of hydrogen-bond donors (Lipinski definition) is 1. The van der Waals surface area contributed by atoms with Crippen LogP contribution in [0.3, 0.4) is 0 Å². The van der Waals surface area contributed by atoms with Crippen molar-refractivity contribution in [2.75, 3.05) is 6.54 Å². The Kier molecular flexibility index (Phi) is 6.33. The second kappa shape index (κ2) is 8.91. The van der Waals surface area contributed by atoms with Gasteiger partial charge in [-0.15, -0.1) is 17.9 Å². The first-order valence-electron chi connectivity index (χ1n) is 8.61. The van der Waals surface area contributed by atoms with Gasteiger partial charge in [-0.2, -0.15) is 13.2 Å². The van der Waals surface area contributed by atoms with E-state index in [9.17, 15) is 18.0 Å².